The van der Waals surface area contributed by atoms with Crippen LogP contribution >= 0.6 is 11.8 Å². The molecule has 0 bridgehead atoms. The van der Waals surface area contributed by atoms with Crippen LogP contribution in [0, 0.1) is 6.92 Å². The molecule has 0 spiro atoms. The number of hydrogen-bond acceptors (Lipinski definition) is 8. The van der Waals surface area contributed by atoms with Crippen molar-refractivity contribution in [1.82, 2.24) is 5.32 Å². The first kappa shape index (κ1) is 17.9. The van der Waals surface area contributed by atoms with Gasteiger partial charge in [0.05, 0.1) is 18.2 Å². The fourth-order valence-corrected chi connectivity index (χ4v) is 2.60. The Morgan fingerprint density at radius 3 is 2.79 bits per heavy atom. The maximum absolute atomic E-state index is 11.6. The van der Waals surface area contributed by atoms with Crippen LogP contribution in [0.1, 0.15) is 11.1 Å². The van der Waals surface area contributed by atoms with Gasteiger partial charge < -0.3 is 14.8 Å². The quantitative estimate of drug-likeness (QED) is 0.217. The number of hydrogen-bond donors (Lipinski definition) is 3. The van der Waals surface area contributed by atoms with Gasteiger partial charge in [-0.15, -0.1) is 5.10 Å². The van der Waals surface area contributed by atoms with Crippen LogP contribution in [-0.4, -0.2) is 47.5 Å². The van der Waals surface area contributed by atoms with Crippen LogP contribution in [0.3, 0.4) is 0 Å². The summed E-state index contributed by atoms with van der Waals surface area (Å²) < 4.78 is 4.46. The average molecular weight is 347 g/mol. The summed E-state index contributed by atoms with van der Waals surface area (Å²) in [7, 11) is -0.305. The zero-order chi connectivity index (χ0) is 17.7. The lowest BCUT2D eigenvalue weighted by atomic mass is 9.77. The molecule has 124 valence electrons. The number of methoxy groups -OCH3 is 1. The van der Waals surface area contributed by atoms with Crippen molar-refractivity contribution >= 4 is 47.6 Å². The van der Waals surface area contributed by atoms with Crippen LogP contribution in [0.4, 0.5) is 0 Å². The number of rotatable bonds is 4. The molecule has 0 radical (unpaired) electrons. The molecule has 1 aromatic rings. The summed E-state index contributed by atoms with van der Waals surface area (Å²) in [6.45, 7) is 1.74. The van der Waals surface area contributed by atoms with E-state index in [1.165, 1.54) is 13.3 Å². The second-order valence-electron chi connectivity index (χ2n) is 4.73. The number of aryl methyl sites for hydroxylation is 1. The summed E-state index contributed by atoms with van der Waals surface area (Å²) in [6, 6.07) is 4.97. The zero-order valence-electron chi connectivity index (χ0n) is 12.9. The molecule has 1 heterocycles. The molecule has 1 saturated heterocycles. The fourth-order valence-electron chi connectivity index (χ4n) is 1.86. The number of carbonyl (C=O) groups excluding carboxylic acids is 2. The molecule has 2 rings (SSSR count). The summed E-state index contributed by atoms with van der Waals surface area (Å²) in [6.07, 6.45) is 2.54. The lowest BCUT2D eigenvalue weighted by Gasteiger charge is -2.04. The van der Waals surface area contributed by atoms with Gasteiger partial charge in [0.2, 0.25) is 0 Å². The van der Waals surface area contributed by atoms with E-state index in [0.29, 0.717) is 16.6 Å². The number of nitrogens with one attached hydrogen (secondary N) is 1. The minimum Gasteiger partial charge on any atom is -0.466 e. The summed E-state index contributed by atoms with van der Waals surface area (Å²) in [5.74, 6) is -1.07. The number of amides is 1. The third-order valence-electron chi connectivity index (χ3n) is 3.03. The molecule has 8 nitrogen and oxygen atoms in total. The number of esters is 1. The first-order valence-corrected chi connectivity index (χ1v) is 7.59. The monoisotopic (exact) mass is 347 g/mol. The topological polar surface area (TPSA) is 121 Å². The largest absolute Gasteiger partial charge is 0.488 e. The first-order chi connectivity index (χ1) is 11.4. The Kier molecular flexibility index (Phi) is 5.90. The predicted molar refractivity (Wildman–Crippen MR) is 91.9 cm³/mol. The second-order valence-corrected chi connectivity index (χ2v) is 5.76. The minimum absolute atomic E-state index is 0.174. The Hall–Kier alpha value is -2.43. The normalized spacial score (nSPS) is 17.6. The standard InChI is InChI=1S/C14H14BN3O5S/c1-8-5-9(3-4-10(8)15(21)22)7-16-18-14-17-13(20)11(24-14)6-12(19)23-2/h3-7,21-22H,1-2H3,(H,17,18,20)/b11-6+,16-7?. The molecular weight excluding hydrogens is 333 g/mol. The highest BCUT2D eigenvalue weighted by Crippen LogP contribution is 2.23. The lowest BCUT2D eigenvalue weighted by molar-refractivity contribution is -0.135. The summed E-state index contributed by atoms with van der Waals surface area (Å²) in [5.41, 5.74) is 1.82. The van der Waals surface area contributed by atoms with E-state index in [1.54, 1.807) is 25.1 Å². The molecule has 1 fully saturated rings. The molecule has 3 N–H and O–H groups in total. The number of carbonyl (C=O) groups is 2. The van der Waals surface area contributed by atoms with Crippen LogP contribution in [0.5, 0.6) is 0 Å². The van der Waals surface area contributed by atoms with Gasteiger partial charge in [-0.2, -0.15) is 5.10 Å². The number of nitrogens with zero attached hydrogens (tertiary/aromatic N) is 2. The molecule has 1 aliphatic heterocycles. The molecule has 24 heavy (non-hydrogen) atoms. The highest BCUT2D eigenvalue weighted by molar-refractivity contribution is 8.18. The minimum atomic E-state index is -1.53. The Morgan fingerprint density at radius 2 is 2.17 bits per heavy atom. The van der Waals surface area contributed by atoms with Crippen molar-refractivity contribution in [1.29, 1.82) is 0 Å². The van der Waals surface area contributed by atoms with E-state index in [2.05, 4.69) is 20.3 Å². The number of benzene rings is 1. The van der Waals surface area contributed by atoms with Crippen LogP contribution in [0.2, 0.25) is 0 Å². The van der Waals surface area contributed by atoms with Crippen molar-refractivity contribution in [3.8, 4) is 0 Å². The Labute approximate surface area is 142 Å². The van der Waals surface area contributed by atoms with E-state index in [0.717, 1.165) is 17.8 Å². The van der Waals surface area contributed by atoms with Crippen molar-refractivity contribution in [2.75, 3.05) is 7.11 Å². The molecule has 0 aliphatic carbocycles. The van der Waals surface area contributed by atoms with E-state index >= 15 is 0 Å². The van der Waals surface area contributed by atoms with Crippen LogP contribution in [0.25, 0.3) is 0 Å². The van der Waals surface area contributed by atoms with Gasteiger partial charge in [-0.3, -0.25) is 10.1 Å². The van der Waals surface area contributed by atoms with Crippen molar-refractivity contribution in [2.24, 2.45) is 10.2 Å². The van der Waals surface area contributed by atoms with Crippen LogP contribution < -0.4 is 10.8 Å². The van der Waals surface area contributed by atoms with Crippen LogP contribution in [0.15, 0.2) is 39.4 Å². The third kappa shape index (κ3) is 4.54. The average Bonchev–Trinajstić information content (AvgIpc) is 2.86. The van der Waals surface area contributed by atoms with E-state index in [-0.39, 0.29) is 10.1 Å². The summed E-state index contributed by atoms with van der Waals surface area (Å²) >= 11 is 0.977. The molecule has 0 saturated carbocycles. The van der Waals surface area contributed by atoms with Crippen molar-refractivity contribution in [2.45, 2.75) is 6.92 Å². The van der Waals surface area contributed by atoms with Gasteiger partial charge >= 0.3 is 13.1 Å². The summed E-state index contributed by atoms with van der Waals surface area (Å²) in [4.78, 5) is 22.9. The lowest BCUT2D eigenvalue weighted by Crippen LogP contribution is -2.32. The number of thioether (sulfide) groups is 1. The Balaban J connectivity index is 2.07. The smallest absolute Gasteiger partial charge is 0.466 e. The molecule has 1 aliphatic rings. The SMILES string of the molecule is COC(=O)/C=C1/S/C(=N\N=Cc2ccc(B(O)O)c(C)c2)NC1=O. The van der Waals surface area contributed by atoms with Crippen molar-refractivity contribution < 1.29 is 24.4 Å². The fraction of sp³-hybridized carbons (Fsp3) is 0.143. The second kappa shape index (κ2) is 7.91. The third-order valence-corrected chi connectivity index (χ3v) is 3.93. The Bertz CT molecular complexity index is 761. The van der Waals surface area contributed by atoms with Gasteiger partial charge in [-0.25, -0.2) is 4.79 Å². The van der Waals surface area contributed by atoms with Crippen molar-refractivity contribution in [3.05, 3.63) is 40.3 Å². The van der Waals surface area contributed by atoms with Gasteiger partial charge in [-0.1, -0.05) is 23.8 Å². The van der Waals surface area contributed by atoms with Gasteiger partial charge in [0.25, 0.3) is 5.91 Å². The van der Waals surface area contributed by atoms with Crippen LogP contribution in [-0.2, 0) is 14.3 Å². The predicted octanol–water partition coefficient (Wildman–Crippen LogP) is -0.715. The Morgan fingerprint density at radius 1 is 1.42 bits per heavy atom. The van der Waals surface area contributed by atoms with E-state index in [9.17, 15) is 9.59 Å². The van der Waals surface area contributed by atoms with Gasteiger partial charge in [0.15, 0.2) is 5.17 Å². The molecule has 10 heteroatoms. The van der Waals surface area contributed by atoms with Crippen molar-refractivity contribution in [3.63, 3.8) is 0 Å². The first-order valence-electron chi connectivity index (χ1n) is 6.77. The maximum Gasteiger partial charge on any atom is 0.488 e. The molecular formula is C14H14BN3O5S. The maximum atomic E-state index is 11.6. The molecule has 1 amide bonds. The van der Waals surface area contributed by atoms with E-state index in [1.807, 2.05) is 0 Å². The highest BCUT2D eigenvalue weighted by Gasteiger charge is 2.25. The number of amidine groups is 1. The molecule has 0 aromatic heterocycles. The van der Waals surface area contributed by atoms with Gasteiger partial charge in [0, 0.05) is 6.08 Å². The van der Waals surface area contributed by atoms with Gasteiger partial charge in [-0.05, 0) is 29.7 Å². The molecule has 1 aromatic carbocycles. The number of ether oxygens (including phenoxy) is 1. The molecule has 0 unspecified atom stereocenters. The van der Waals surface area contributed by atoms with Gasteiger partial charge in [0.1, 0.15) is 0 Å². The van der Waals surface area contributed by atoms with E-state index in [4.69, 9.17) is 10.0 Å². The molecule has 0 atom stereocenters. The summed E-state index contributed by atoms with van der Waals surface area (Å²) in [5, 5.41) is 28.8. The highest BCUT2D eigenvalue weighted by atomic mass is 32.2. The van der Waals surface area contributed by atoms with E-state index < -0.39 is 19.0 Å². The zero-order valence-corrected chi connectivity index (χ0v) is 13.7.